The lowest BCUT2D eigenvalue weighted by Gasteiger charge is -2.30. The maximum Gasteiger partial charge on any atom is 0.223 e. The monoisotopic (exact) mass is 372 g/mol. The van der Waals surface area contributed by atoms with Crippen LogP contribution in [0, 0.1) is 17.8 Å². The molecule has 5 heteroatoms. The summed E-state index contributed by atoms with van der Waals surface area (Å²) in [6.07, 6.45) is 5.81. The molecule has 4 rings (SSSR count). The van der Waals surface area contributed by atoms with Crippen molar-refractivity contribution in [3.63, 3.8) is 0 Å². The summed E-state index contributed by atoms with van der Waals surface area (Å²) in [5, 5.41) is 3.75. The molecule has 0 spiro atoms. The molecule has 0 aromatic heterocycles. The van der Waals surface area contributed by atoms with Gasteiger partial charge in [-0.3, -0.25) is 4.79 Å². The minimum atomic E-state index is 0.295. The zero-order valence-corrected chi connectivity index (χ0v) is 16.7. The van der Waals surface area contributed by atoms with Crippen LogP contribution in [0.25, 0.3) is 0 Å². The number of ether oxygens (including phenoxy) is 2. The van der Waals surface area contributed by atoms with Gasteiger partial charge in [-0.05, 0) is 55.7 Å². The normalized spacial score (nSPS) is 30.3. The summed E-state index contributed by atoms with van der Waals surface area (Å²) >= 11 is 0. The van der Waals surface area contributed by atoms with Gasteiger partial charge in [0.15, 0.2) is 0 Å². The number of methoxy groups -OCH3 is 2. The Balaban J connectivity index is 1.46. The second-order valence-corrected chi connectivity index (χ2v) is 8.55. The highest BCUT2D eigenvalue weighted by molar-refractivity contribution is 5.79. The number of carbonyl (C=O) groups is 1. The van der Waals surface area contributed by atoms with Crippen molar-refractivity contribution in [2.45, 2.75) is 57.7 Å². The van der Waals surface area contributed by atoms with Gasteiger partial charge in [0, 0.05) is 36.7 Å². The van der Waals surface area contributed by atoms with Crippen LogP contribution in [-0.2, 0) is 11.3 Å². The number of carbonyl (C=O) groups excluding carboxylic acids is 1. The van der Waals surface area contributed by atoms with Crippen molar-refractivity contribution in [3.8, 4) is 11.5 Å². The molecule has 148 valence electrons. The van der Waals surface area contributed by atoms with Crippen LogP contribution >= 0.6 is 0 Å². The second-order valence-electron chi connectivity index (χ2n) is 8.55. The Morgan fingerprint density at radius 1 is 1.22 bits per heavy atom. The summed E-state index contributed by atoms with van der Waals surface area (Å²) in [7, 11) is 3.33. The molecule has 5 nitrogen and oxygen atoms in total. The molecule has 0 bridgehead atoms. The Labute approximate surface area is 162 Å². The minimum Gasteiger partial charge on any atom is -0.497 e. The number of benzene rings is 1. The van der Waals surface area contributed by atoms with E-state index < -0.39 is 0 Å². The van der Waals surface area contributed by atoms with Crippen LogP contribution < -0.4 is 14.8 Å². The van der Waals surface area contributed by atoms with Crippen molar-refractivity contribution >= 4 is 5.91 Å². The lowest BCUT2D eigenvalue weighted by Crippen LogP contribution is -2.40. The van der Waals surface area contributed by atoms with Gasteiger partial charge in [0.1, 0.15) is 11.5 Å². The molecule has 4 atom stereocenters. The van der Waals surface area contributed by atoms with Crippen LogP contribution in [0.15, 0.2) is 18.2 Å². The molecule has 1 heterocycles. The third-order valence-corrected chi connectivity index (χ3v) is 7.10. The summed E-state index contributed by atoms with van der Waals surface area (Å²) in [5.41, 5.74) is 1.05. The number of nitrogens with zero attached hydrogens (tertiary/aromatic N) is 1. The molecule has 3 aliphatic rings. The standard InChI is InChI=1S/C22H32N2O3/c1-14-9-20-18(19(14)12-23-16-5-4-6-16)11-22(25)24(20)13-15-7-8-17(26-2)10-21(15)27-3/h7-8,10,14,16,18-20,23H,4-6,9,11-13H2,1-3H3/t14-,18-,19+,20+/m0/s1. The van der Waals surface area contributed by atoms with E-state index in [-0.39, 0.29) is 0 Å². The first-order chi connectivity index (χ1) is 13.1. The Morgan fingerprint density at radius 2 is 2.04 bits per heavy atom. The van der Waals surface area contributed by atoms with E-state index in [1.165, 1.54) is 19.3 Å². The molecule has 3 fully saturated rings. The summed E-state index contributed by atoms with van der Waals surface area (Å²) in [5.74, 6) is 3.63. The van der Waals surface area contributed by atoms with Gasteiger partial charge < -0.3 is 19.7 Å². The van der Waals surface area contributed by atoms with E-state index in [1.54, 1.807) is 14.2 Å². The van der Waals surface area contributed by atoms with Crippen LogP contribution in [-0.4, -0.2) is 43.7 Å². The smallest absolute Gasteiger partial charge is 0.223 e. The van der Waals surface area contributed by atoms with Crippen molar-refractivity contribution in [1.29, 1.82) is 0 Å². The third-order valence-electron chi connectivity index (χ3n) is 7.10. The predicted octanol–water partition coefficient (Wildman–Crippen LogP) is 3.22. The van der Waals surface area contributed by atoms with E-state index >= 15 is 0 Å². The molecule has 0 unspecified atom stereocenters. The van der Waals surface area contributed by atoms with Gasteiger partial charge in [-0.25, -0.2) is 0 Å². The van der Waals surface area contributed by atoms with Crippen LogP contribution in [0.2, 0.25) is 0 Å². The van der Waals surface area contributed by atoms with Crippen molar-refractivity contribution < 1.29 is 14.3 Å². The summed E-state index contributed by atoms with van der Waals surface area (Å²) in [6.45, 7) is 4.06. The number of likely N-dealkylation sites (tertiary alicyclic amines) is 1. The molecular formula is C22H32N2O3. The summed E-state index contributed by atoms with van der Waals surface area (Å²) in [6, 6.07) is 6.95. The lowest BCUT2D eigenvalue weighted by atomic mass is 9.87. The molecule has 27 heavy (non-hydrogen) atoms. The quantitative estimate of drug-likeness (QED) is 0.798. The molecule has 1 saturated heterocycles. The molecular weight excluding hydrogens is 340 g/mol. The fraction of sp³-hybridized carbons (Fsp3) is 0.682. The van der Waals surface area contributed by atoms with E-state index in [0.717, 1.165) is 30.0 Å². The maximum absolute atomic E-state index is 12.8. The van der Waals surface area contributed by atoms with Crippen molar-refractivity contribution in [3.05, 3.63) is 23.8 Å². The van der Waals surface area contributed by atoms with E-state index in [9.17, 15) is 4.79 Å². The van der Waals surface area contributed by atoms with Gasteiger partial charge >= 0.3 is 0 Å². The average Bonchev–Trinajstić information content (AvgIpc) is 3.09. The first-order valence-electron chi connectivity index (χ1n) is 10.3. The molecule has 2 aliphatic carbocycles. The van der Waals surface area contributed by atoms with Gasteiger partial charge in [0.05, 0.1) is 14.2 Å². The first-order valence-corrected chi connectivity index (χ1v) is 10.3. The highest BCUT2D eigenvalue weighted by Gasteiger charge is 2.50. The highest BCUT2D eigenvalue weighted by Crippen LogP contribution is 2.46. The Kier molecular flexibility index (Phi) is 5.31. The van der Waals surface area contributed by atoms with Crippen molar-refractivity contribution in [2.24, 2.45) is 17.8 Å². The van der Waals surface area contributed by atoms with Crippen LogP contribution in [0.4, 0.5) is 0 Å². The number of amides is 1. The largest absolute Gasteiger partial charge is 0.497 e. The van der Waals surface area contributed by atoms with Crippen molar-refractivity contribution in [1.82, 2.24) is 10.2 Å². The Bertz CT molecular complexity index is 688. The zero-order valence-electron chi connectivity index (χ0n) is 16.7. The van der Waals surface area contributed by atoms with E-state index in [2.05, 4.69) is 17.1 Å². The maximum atomic E-state index is 12.8. The van der Waals surface area contributed by atoms with Crippen molar-refractivity contribution in [2.75, 3.05) is 20.8 Å². The van der Waals surface area contributed by atoms with E-state index in [0.29, 0.717) is 48.7 Å². The number of rotatable bonds is 7. The molecule has 1 N–H and O–H groups in total. The minimum absolute atomic E-state index is 0.295. The highest BCUT2D eigenvalue weighted by atomic mass is 16.5. The number of hydrogen-bond acceptors (Lipinski definition) is 4. The summed E-state index contributed by atoms with van der Waals surface area (Å²) < 4.78 is 10.8. The topological polar surface area (TPSA) is 50.8 Å². The Hall–Kier alpha value is -1.75. The first kappa shape index (κ1) is 18.6. The molecule has 1 aliphatic heterocycles. The SMILES string of the molecule is COc1ccc(CN2C(=O)C[C@H]3[C@H](CNC4CCC4)[C@@H](C)C[C@H]32)c(OC)c1. The molecule has 1 aromatic carbocycles. The third kappa shape index (κ3) is 3.54. The van der Waals surface area contributed by atoms with Gasteiger partial charge in [-0.15, -0.1) is 0 Å². The van der Waals surface area contributed by atoms with Gasteiger partial charge in [-0.1, -0.05) is 13.3 Å². The fourth-order valence-corrected chi connectivity index (χ4v) is 5.23. The van der Waals surface area contributed by atoms with Gasteiger partial charge in [0.25, 0.3) is 0 Å². The van der Waals surface area contributed by atoms with Gasteiger partial charge in [0.2, 0.25) is 5.91 Å². The fourth-order valence-electron chi connectivity index (χ4n) is 5.23. The summed E-state index contributed by atoms with van der Waals surface area (Å²) in [4.78, 5) is 14.9. The molecule has 2 saturated carbocycles. The molecule has 0 radical (unpaired) electrons. The lowest BCUT2D eigenvalue weighted by molar-refractivity contribution is -0.129. The average molecular weight is 373 g/mol. The molecule has 1 aromatic rings. The van der Waals surface area contributed by atoms with Gasteiger partial charge in [-0.2, -0.15) is 0 Å². The van der Waals surface area contributed by atoms with E-state index in [4.69, 9.17) is 9.47 Å². The van der Waals surface area contributed by atoms with Crippen LogP contribution in [0.5, 0.6) is 11.5 Å². The number of fused-ring (bicyclic) bond motifs is 1. The zero-order chi connectivity index (χ0) is 19.0. The molecule has 1 amide bonds. The van der Waals surface area contributed by atoms with Crippen LogP contribution in [0.3, 0.4) is 0 Å². The van der Waals surface area contributed by atoms with Crippen LogP contribution in [0.1, 0.15) is 44.6 Å². The van der Waals surface area contributed by atoms with E-state index in [1.807, 2.05) is 18.2 Å². The predicted molar refractivity (Wildman–Crippen MR) is 105 cm³/mol. The Morgan fingerprint density at radius 3 is 2.70 bits per heavy atom. The number of nitrogens with one attached hydrogen (secondary N) is 1. The second kappa shape index (κ2) is 7.70. The number of hydrogen-bond donors (Lipinski definition) is 1.